The molecule has 0 aliphatic heterocycles. The molecule has 0 amide bonds. The van der Waals surface area contributed by atoms with Crippen LogP contribution in [0.1, 0.15) is 18.9 Å². The second-order valence-electron chi connectivity index (χ2n) is 4.47. The lowest BCUT2D eigenvalue weighted by Gasteiger charge is -2.12. The van der Waals surface area contributed by atoms with Gasteiger partial charge in [-0.3, -0.25) is 0 Å². The molecule has 106 valence electrons. The molecule has 5 heteroatoms. The Morgan fingerprint density at radius 3 is 2.75 bits per heavy atom. The summed E-state index contributed by atoms with van der Waals surface area (Å²) >= 11 is 0. The molecule has 0 spiro atoms. The largest absolute Gasteiger partial charge is 0.497 e. The predicted molar refractivity (Wildman–Crippen MR) is 77.5 cm³/mol. The molecule has 0 atom stereocenters. The summed E-state index contributed by atoms with van der Waals surface area (Å²) in [4.78, 5) is 8.40. The Bertz CT molecular complexity index is 602. The van der Waals surface area contributed by atoms with Crippen molar-refractivity contribution in [1.82, 2.24) is 9.97 Å². The van der Waals surface area contributed by atoms with Crippen LogP contribution < -0.4 is 10.1 Å². The van der Waals surface area contributed by atoms with Crippen LogP contribution in [0.15, 0.2) is 24.5 Å². The smallest absolute Gasteiger partial charge is 0.136 e. The number of anilines is 1. The number of rotatable bonds is 5. The van der Waals surface area contributed by atoms with Gasteiger partial charge < -0.3 is 10.1 Å². The second-order valence-corrected chi connectivity index (χ2v) is 4.47. The molecule has 1 N–H and O–H groups in total. The number of hydrogen-bond acceptors (Lipinski definition) is 4. The lowest BCUT2D eigenvalue weighted by molar-refractivity contribution is 0.411. The third-order valence-electron chi connectivity index (χ3n) is 3.06. The van der Waals surface area contributed by atoms with Crippen molar-refractivity contribution in [2.24, 2.45) is 0 Å². The van der Waals surface area contributed by atoms with E-state index in [0.717, 1.165) is 24.3 Å². The van der Waals surface area contributed by atoms with E-state index in [1.165, 1.54) is 19.5 Å². The molecule has 0 aliphatic carbocycles. The van der Waals surface area contributed by atoms with E-state index in [2.05, 4.69) is 22.2 Å². The summed E-state index contributed by atoms with van der Waals surface area (Å²) in [5.41, 5.74) is 1.88. The molecule has 0 unspecified atom stereocenters. The van der Waals surface area contributed by atoms with Crippen LogP contribution in [0.3, 0.4) is 0 Å². The van der Waals surface area contributed by atoms with E-state index < -0.39 is 0 Å². The van der Waals surface area contributed by atoms with Crippen molar-refractivity contribution >= 4 is 5.82 Å². The first kappa shape index (κ1) is 14.2. The molecule has 4 nitrogen and oxygen atoms in total. The van der Waals surface area contributed by atoms with Crippen molar-refractivity contribution in [2.75, 3.05) is 19.0 Å². The normalized spacial score (nSPS) is 10.4. The molecule has 2 rings (SSSR count). The van der Waals surface area contributed by atoms with Crippen LogP contribution in [0.4, 0.5) is 10.2 Å². The zero-order valence-electron chi connectivity index (χ0n) is 11.9. The van der Waals surface area contributed by atoms with Gasteiger partial charge in [-0.15, -0.1) is 0 Å². The van der Waals surface area contributed by atoms with E-state index in [4.69, 9.17) is 4.74 Å². The molecule has 0 saturated heterocycles. The van der Waals surface area contributed by atoms with E-state index in [-0.39, 0.29) is 5.82 Å². The van der Waals surface area contributed by atoms with Crippen LogP contribution in [-0.2, 0) is 0 Å². The molecular weight excluding hydrogens is 257 g/mol. The second kappa shape index (κ2) is 6.32. The highest BCUT2D eigenvalue weighted by Gasteiger charge is 2.13. The van der Waals surface area contributed by atoms with E-state index in [9.17, 15) is 4.39 Å². The van der Waals surface area contributed by atoms with Gasteiger partial charge in [0.1, 0.15) is 23.7 Å². The summed E-state index contributed by atoms with van der Waals surface area (Å²) in [7, 11) is 1.51. The summed E-state index contributed by atoms with van der Waals surface area (Å²) in [6, 6.07) is 4.75. The maximum atomic E-state index is 14.1. The van der Waals surface area contributed by atoms with Gasteiger partial charge in [0, 0.05) is 23.7 Å². The third-order valence-corrected chi connectivity index (χ3v) is 3.06. The molecular formula is C15H18FN3O. The topological polar surface area (TPSA) is 47.0 Å². The summed E-state index contributed by atoms with van der Waals surface area (Å²) < 4.78 is 19.1. The molecule has 2 aromatic rings. The van der Waals surface area contributed by atoms with E-state index >= 15 is 0 Å². The molecule has 1 aromatic carbocycles. The lowest BCUT2D eigenvalue weighted by Crippen LogP contribution is -2.06. The molecule has 0 fully saturated rings. The molecule has 0 aliphatic rings. The highest BCUT2D eigenvalue weighted by molar-refractivity contribution is 5.68. The highest BCUT2D eigenvalue weighted by Crippen LogP contribution is 2.29. The molecule has 0 radical (unpaired) electrons. The van der Waals surface area contributed by atoms with E-state index in [0.29, 0.717) is 17.0 Å². The van der Waals surface area contributed by atoms with Crippen LogP contribution in [0.5, 0.6) is 5.75 Å². The number of benzene rings is 1. The van der Waals surface area contributed by atoms with Crippen molar-refractivity contribution in [3.8, 4) is 17.0 Å². The van der Waals surface area contributed by atoms with Crippen molar-refractivity contribution in [3.63, 3.8) is 0 Å². The number of ether oxygens (including phenoxy) is 1. The van der Waals surface area contributed by atoms with Crippen molar-refractivity contribution in [2.45, 2.75) is 20.3 Å². The van der Waals surface area contributed by atoms with Crippen LogP contribution in [0.25, 0.3) is 11.3 Å². The summed E-state index contributed by atoms with van der Waals surface area (Å²) in [6.07, 6.45) is 2.44. The quantitative estimate of drug-likeness (QED) is 0.908. The Morgan fingerprint density at radius 1 is 1.30 bits per heavy atom. The third kappa shape index (κ3) is 2.87. The zero-order valence-corrected chi connectivity index (χ0v) is 11.9. The standard InChI is InChI=1S/C15H18FN3O/c1-4-7-17-15-10(2)14(18-9-19-15)12-6-5-11(20-3)8-13(12)16/h5-6,8-9H,4,7H2,1-3H3,(H,17,18,19). The van der Waals surface area contributed by atoms with E-state index in [1.54, 1.807) is 12.1 Å². The zero-order chi connectivity index (χ0) is 14.5. The van der Waals surface area contributed by atoms with Crippen molar-refractivity contribution in [3.05, 3.63) is 35.9 Å². The predicted octanol–water partition coefficient (Wildman–Crippen LogP) is 3.42. The number of hydrogen-bond donors (Lipinski definition) is 1. The maximum Gasteiger partial charge on any atom is 0.136 e. The summed E-state index contributed by atoms with van der Waals surface area (Å²) in [5.74, 6) is 0.877. The summed E-state index contributed by atoms with van der Waals surface area (Å²) in [6.45, 7) is 4.78. The number of nitrogens with one attached hydrogen (secondary N) is 1. The van der Waals surface area contributed by atoms with Gasteiger partial charge in [0.15, 0.2) is 0 Å². The Hall–Kier alpha value is -2.17. The first-order valence-corrected chi connectivity index (χ1v) is 6.56. The molecule has 1 heterocycles. The Morgan fingerprint density at radius 2 is 2.10 bits per heavy atom. The summed E-state index contributed by atoms with van der Waals surface area (Å²) in [5, 5.41) is 3.22. The fourth-order valence-electron chi connectivity index (χ4n) is 1.96. The van der Waals surface area contributed by atoms with Gasteiger partial charge in [0.2, 0.25) is 0 Å². The molecule has 20 heavy (non-hydrogen) atoms. The van der Waals surface area contributed by atoms with Gasteiger partial charge in [-0.2, -0.15) is 0 Å². The fourth-order valence-corrected chi connectivity index (χ4v) is 1.96. The monoisotopic (exact) mass is 275 g/mol. The SMILES string of the molecule is CCCNc1ncnc(-c2ccc(OC)cc2F)c1C. The van der Waals surface area contributed by atoms with Gasteiger partial charge in [0.25, 0.3) is 0 Å². The number of nitrogens with zero attached hydrogens (tertiary/aromatic N) is 2. The Balaban J connectivity index is 2.42. The average molecular weight is 275 g/mol. The molecule has 1 aromatic heterocycles. The van der Waals surface area contributed by atoms with Gasteiger partial charge in [-0.1, -0.05) is 6.92 Å². The van der Waals surface area contributed by atoms with Crippen molar-refractivity contribution in [1.29, 1.82) is 0 Å². The lowest BCUT2D eigenvalue weighted by atomic mass is 10.1. The van der Waals surface area contributed by atoms with Crippen molar-refractivity contribution < 1.29 is 9.13 Å². The average Bonchev–Trinajstić information content (AvgIpc) is 2.46. The van der Waals surface area contributed by atoms with Crippen LogP contribution in [0.2, 0.25) is 0 Å². The van der Waals surface area contributed by atoms with Crippen LogP contribution >= 0.6 is 0 Å². The van der Waals surface area contributed by atoms with Gasteiger partial charge in [0.05, 0.1) is 12.8 Å². The van der Waals surface area contributed by atoms with Crippen LogP contribution in [0, 0.1) is 12.7 Å². The maximum absolute atomic E-state index is 14.1. The fraction of sp³-hybridized carbons (Fsp3) is 0.333. The first-order valence-electron chi connectivity index (χ1n) is 6.56. The number of halogens is 1. The van der Waals surface area contributed by atoms with Gasteiger partial charge in [-0.05, 0) is 25.5 Å². The van der Waals surface area contributed by atoms with E-state index in [1.807, 2.05) is 6.92 Å². The Kier molecular flexibility index (Phi) is 4.50. The minimum absolute atomic E-state index is 0.354. The minimum atomic E-state index is -0.354. The molecule has 0 saturated carbocycles. The van der Waals surface area contributed by atoms with Gasteiger partial charge >= 0.3 is 0 Å². The van der Waals surface area contributed by atoms with Crippen LogP contribution in [-0.4, -0.2) is 23.6 Å². The Labute approximate surface area is 118 Å². The molecule has 0 bridgehead atoms. The van der Waals surface area contributed by atoms with Gasteiger partial charge in [-0.25, -0.2) is 14.4 Å². The number of aromatic nitrogens is 2. The first-order chi connectivity index (χ1) is 9.67. The highest BCUT2D eigenvalue weighted by atomic mass is 19.1. The minimum Gasteiger partial charge on any atom is -0.497 e. The number of methoxy groups -OCH3 is 1.